The number of para-hydroxylation sites is 1. The minimum atomic E-state index is 0. The van der Waals surface area contributed by atoms with Gasteiger partial charge in [0.15, 0.2) is 11.5 Å². The van der Waals surface area contributed by atoms with Crippen molar-refractivity contribution >= 4 is 18.1 Å². The summed E-state index contributed by atoms with van der Waals surface area (Å²) in [5.74, 6) is 1.65. The Morgan fingerprint density at radius 2 is 1.76 bits per heavy atom. The van der Waals surface area contributed by atoms with E-state index in [1.165, 1.54) is 27.9 Å². The van der Waals surface area contributed by atoms with Crippen LogP contribution in [0.4, 0.5) is 5.69 Å². The molecule has 0 saturated heterocycles. The number of nitrogens with one attached hydrogen (secondary N) is 1. The molecule has 4 nitrogen and oxygen atoms in total. The normalized spacial score (nSPS) is 15.6. The quantitative estimate of drug-likeness (QED) is 0.902. The average molecular weight is 361 g/mol. The number of fused-ring (bicyclic) bond motifs is 2. The summed E-state index contributed by atoms with van der Waals surface area (Å²) in [5, 5.41) is 3.55. The lowest BCUT2D eigenvalue weighted by Gasteiger charge is -2.30. The molecule has 1 N–H and O–H groups in total. The number of methoxy groups -OCH3 is 2. The molecular formula is C20H25ClN2O2. The number of anilines is 1. The van der Waals surface area contributed by atoms with Gasteiger partial charge in [0.1, 0.15) is 0 Å². The van der Waals surface area contributed by atoms with Gasteiger partial charge in [0, 0.05) is 31.9 Å². The minimum absolute atomic E-state index is 0. The van der Waals surface area contributed by atoms with E-state index >= 15 is 0 Å². The summed E-state index contributed by atoms with van der Waals surface area (Å²) in [6.45, 7) is 4.08. The Balaban J connectivity index is 0.00000182. The first-order valence-electron chi connectivity index (χ1n) is 8.59. The van der Waals surface area contributed by atoms with Gasteiger partial charge in [0.25, 0.3) is 0 Å². The first-order valence-corrected chi connectivity index (χ1v) is 8.59. The summed E-state index contributed by atoms with van der Waals surface area (Å²) in [6, 6.07) is 10.9. The first kappa shape index (κ1) is 17.9. The number of nitrogens with zero attached hydrogens (tertiary/aromatic N) is 1. The number of rotatable bonds is 4. The van der Waals surface area contributed by atoms with Crippen molar-refractivity contribution in [2.24, 2.45) is 0 Å². The van der Waals surface area contributed by atoms with Crippen LogP contribution in [0.2, 0.25) is 0 Å². The highest BCUT2D eigenvalue weighted by Crippen LogP contribution is 2.34. The maximum absolute atomic E-state index is 5.46. The van der Waals surface area contributed by atoms with Gasteiger partial charge in [-0.25, -0.2) is 0 Å². The van der Waals surface area contributed by atoms with E-state index in [0.29, 0.717) is 0 Å². The van der Waals surface area contributed by atoms with Crippen LogP contribution < -0.4 is 14.8 Å². The van der Waals surface area contributed by atoms with Crippen LogP contribution >= 0.6 is 12.4 Å². The second kappa shape index (κ2) is 7.54. The zero-order valence-electron chi connectivity index (χ0n) is 14.8. The van der Waals surface area contributed by atoms with Crippen molar-refractivity contribution in [3.05, 3.63) is 52.6 Å². The number of benzene rings is 2. The number of halogens is 1. The molecule has 0 spiro atoms. The summed E-state index contributed by atoms with van der Waals surface area (Å²) in [4.78, 5) is 2.52. The lowest BCUT2D eigenvalue weighted by molar-refractivity contribution is 0.244. The van der Waals surface area contributed by atoms with E-state index in [4.69, 9.17) is 9.47 Å². The van der Waals surface area contributed by atoms with Crippen LogP contribution in [0.5, 0.6) is 11.5 Å². The van der Waals surface area contributed by atoms with Crippen molar-refractivity contribution in [1.82, 2.24) is 4.90 Å². The zero-order valence-corrected chi connectivity index (χ0v) is 15.6. The molecule has 2 aliphatic heterocycles. The molecule has 0 bridgehead atoms. The second-order valence-electron chi connectivity index (χ2n) is 6.56. The maximum Gasteiger partial charge on any atom is 0.161 e. The van der Waals surface area contributed by atoms with Crippen LogP contribution in [-0.4, -0.2) is 32.2 Å². The summed E-state index contributed by atoms with van der Waals surface area (Å²) >= 11 is 0. The molecule has 2 aromatic rings. The van der Waals surface area contributed by atoms with E-state index < -0.39 is 0 Å². The first-order chi connectivity index (χ1) is 11.8. The molecule has 2 aromatic carbocycles. The van der Waals surface area contributed by atoms with Crippen LogP contribution in [0, 0.1) is 0 Å². The van der Waals surface area contributed by atoms with Crippen LogP contribution in [0.3, 0.4) is 0 Å². The second-order valence-corrected chi connectivity index (χ2v) is 6.56. The molecule has 0 unspecified atom stereocenters. The van der Waals surface area contributed by atoms with Crippen molar-refractivity contribution in [3.63, 3.8) is 0 Å². The van der Waals surface area contributed by atoms with Crippen LogP contribution in [0.25, 0.3) is 0 Å². The lowest BCUT2D eigenvalue weighted by atomic mass is 9.98. The molecule has 4 rings (SSSR count). The van der Waals surface area contributed by atoms with Gasteiger partial charge in [-0.1, -0.05) is 18.2 Å². The average Bonchev–Trinajstić information content (AvgIpc) is 3.10. The van der Waals surface area contributed by atoms with E-state index in [2.05, 4.69) is 40.5 Å². The number of ether oxygens (including phenoxy) is 2. The Morgan fingerprint density at radius 1 is 1.00 bits per heavy atom. The fraction of sp³-hybridized carbons (Fsp3) is 0.400. The molecule has 0 atom stereocenters. The molecule has 5 heteroatoms. The predicted molar refractivity (Wildman–Crippen MR) is 103 cm³/mol. The lowest BCUT2D eigenvalue weighted by Crippen LogP contribution is -2.30. The van der Waals surface area contributed by atoms with Gasteiger partial charge >= 0.3 is 0 Å². The molecule has 25 heavy (non-hydrogen) atoms. The highest BCUT2D eigenvalue weighted by molar-refractivity contribution is 5.85. The Kier molecular flexibility index (Phi) is 5.40. The van der Waals surface area contributed by atoms with Crippen molar-refractivity contribution in [2.75, 3.05) is 32.6 Å². The zero-order chi connectivity index (χ0) is 16.5. The Bertz CT molecular complexity index is 764. The van der Waals surface area contributed by atoms with Gasteiger partial charge in [-0.15, -0.1) is 12.4 Å². The Morgan fingerprint density at radius 3 is 2.52 bits per heavy atom. The van der Waals surface area contributed by atoms with Gasteiger partial charge in [-0.2, -0.15) is 0 Å². The van der Waals surface area contributed by atoms with E-state index in [9.17, 15) is 0 Å². The predicted octanol–water partition coefficient (Wildman–Crippen LogP) is 3.65. The summed E-state index contributed by atoms with van der Waals surface area (Å²) in [5.41, 5.74) is 6.95. The van der Waals surface area contributed by atoms with Crippen LogP contribution in [-0.2, 0) is 25.9 Å². The van der Waals surface area contributed by atoms with Gasteiger partial charge in [0.2, 0.25) is 0 Å². The molecule has 0 fully saturated rings. The van der Waals surface area contributed by atoms with Gasteiger partial charge < -0.3 is 14.8 Å². The van der Waals surface area contributed by atoms with Crippen molar-refractivity contribution in [3.8, 4) is 11.5 Å². The number of hydrogen-bond donors (Lipinski definition) is 1. The van der Waals surface area contributed by atoms with E-state index in [-0.39, 0.29) is 12.4 Å². The Hall–Kier alpha value is -1.91. The molecule has 2 heterocycles. The van der Waals surface area contributed by atoms with Crippen molar-refractivity contribution in [1.29, 1.82) is 0 Å². The molecule has 0 saturated carbocycles. The highest BCUT2D eigenvalue weighted by Gasteiger charge is 2.21. The third kappa shape index (κ3) is 3.42. The number of hydrogen-bond acceptors (Lipinski definition) is 4. The van der Waals surface area contributed by atoms with Gasteiger partial charge in [0.05, 0.1) is 14.2 Å². The summed E-state index contributed by atoms with van der Waals surface area (Å²) in [6.07, 6.45) is 2.20. The molecule has 2 aliphatic rings. The molecule has 0 aromatic heterocycles. The largest absolute Gasteiger partial charge is 0.493 e. The molecule has 0 aliphatic carbocycles. The summed E-state index contributed by atoms with van der Waals surface area (Å²) < 4.78 is 10.9. The standard InChI is InChI=1S/C20H24N2O2.ClH/c1-23-18-10-15-7-9-22(13-17(15)11-19(18)24-2)12-16-5-3-4-14-6-8-21-20(14)16;/h3-5,10-11,21H,6-9,12-13H2,1-2H3;1H. The molecular weight excluding hydrogens is 336 g/mol. The maximum atomic E-state index is 5.46. The van der Waals surface area contributed by atoms with Gasteiger partial charge in [-0.3, -0.25) is 4.90 Å². The van der Waals surface area contributed by atoms with Crippen molar-refractivity contribution in [2.45, 2.75) is 25.9 Å². The van der Waals surface area contributed by atoms with E-state index in [1.54, 1.807) is 14.2 Å². The fourth-order valence-electron chi connectivity index (χ4n) is 3.86. The van der Waals surface area contributed by atoms with Crippen LogP contribution in [0.1, 0.15) is 22.3 Å². The third-order valence-corrected chi connectivity index (χ3v) is 5.12. The monoisotopic (exact) mass is 360 g/mol. The third-order valence-electron chi connectivity index (χ3n) is 5.12. The minimum Gasteiger partial charge on any atom is -0.493 e. The van der Waals surface area contributed by atoms with Crippen molar-refractivity contribution < 1.29 is 9.47 Å². The highest BCUT2D eigenvalue weighted by atomic mass is 35.5. The molecule has 134 valence electrons. The summed E-state index contributed by atoms with van der Waals surface area (Å²) in [7, 11) is 3.39. The SMILES string of the molecule is COc1cc2c(cc1OC)CN(Cc1cccc3c1NCC3)CC2.Cl. The van der Waals surface area contributed by atoms with E-state index in [1.807, 2.05) is 0 Å². The molecule has 0 amide bonds. The topological polar surface area (TPSA) is 33.7 Å². The molecule has 0 radical (unpaired) electrons. The van der Waals surface area contributed by atoms with E-state index in [0.717, 1.165) is 50.5 Å². The smallest absolute Gasteiger partial charge is 0.161 e. The Labute approximate surface area is 155 Å². The van der Waals surface area contributed by atoms with Crippen LogP contribution in [0.15, 0.2) is 30.3 Å². The van der Waals surface area contributed by atoms with Gasteiger partial charge in [-0.05, 0) is 47.2 Å². The fourth-order valence-corrected chi connectivity index (χ4v) is 3.86.